The molecule has 9 atom stereocenters. The van der Waals surface area contributed by atoms with Gasteiger partial charge in [0.15, 0.2) is 6.29 Å². The Balaban J connectivity index is 1.72. The van der Waals surface area contributed by atoms with Crippen LogP contribution < -0.4 is 0 Å². The molecule has 162 valence electrons. The summed E-state index contributed by atoms with van der Waals surface area (Å²) in [7, 11) is 0. The summed E-state index contributed by atoms with van der Waals surface area (Å²) in [4.78, 5) is 4.69. The summed E-state index contributed by atoms with van der Waals surface area (Å²) >= 11 is 0. The molecule has 1 heterocycles. The standard InChI is InChI=1S/C21H36O7/c1-11-6-7-15(28-25)12(2)21(11)9-8-14(10-21)20(4,5)27-19-18(24)17(23)16(22)13(3)26-19/h11,13-19,22-25H,2,6-10H2,1,3-5H3/t11-,13-,14-,15-,16+,17+,18-,19+,21-/m1/s1. The Labute approximate surface area is 167 Å². The number of hydrogen-bond donors (Lipinski definition) is 4. The van der Waals surface area contributed by atoms with Crippen molar-refractivity contribution in [1.82, 2.24) is 0 Å². The number of ether oxygens (including phenoxy) is 2. The van der Waals surface area contributed by atoms with Crippen molar-refractivity contribution in [3.63, 3.8) is 0 Å². The van der Waals surface area contributed by atoms with Crippen molar-refractivity contribution < 1.29 is 34.9 Å². The topological polar surface area (TPSA) is 109 Å². The molecule has 0 amide bonds. The normalized spacial score (nSPS) is 47.6. The molecule has 7 heteroatoms. The maximum atomic E-state index is 10.3. The molecule has 3 fully saturated rings. The van der Waals surface area contributed by atoms with Crippen LogP contribution in [0.3, 0.4) is 0 Å². The molecule has 0 radical (unpaired) electrons. The van der Waals surface area contributed by atoms with Gasteiger partial charge in [-0.15, -0.1) is 0 Å². The van der Waals surface area contributed by atoms with E-state index in [1.54, 1.807) is 6.92 Å². The summed E-state index contributed by atoms with van der Waals surface area (Å²) in [6.07, 6.45) is -1.20. The van der Waals surface area contributed by atoms with E-state index < -0.39 is 36.3 Å². The molecule has 0 bridgehead atoms. The van der Waals surface area contributed by atoms with E-state index in [0.29, 0.717) is 5.92 Å². The van der Waals surface area contributed by atoms with Crippen LogP contribution in [0.2, 0.25) is 0 Å². The monoisotopic (exact) mass is 400 g/mol. The molecule has 2 aliphatic carbocycles. The largest absolute Gasteiger partial charge is 0.388 e. The van der Waals surface area contributed by atoms with E-state index in [2.05, 4.69) is 13.5 Å². The molecule has 1 aliphatic heterocycles. The Bertz CT molecular complexity index is 579. The van der Waals surface area contributed by atoms with Crippen molar-refractivity contribution in [2.45, 2.75) is 102 Å². The first-order valence-electron chi connectivity index (χ1n) is 10.4. The van der Waals surface area contributed by atoms with Crippen LogP contribution in [-0.4, -0.2) is 63.0 Å². The number of hydrogen-bond acceptors (Lipinski definition) is 7. The lowest BCUT2D eigenvalue weighted by Gasteiger charge is -2.46. The lowest BCUT2D eigenvalue weighted by atomic mass is 9.61. The molecule has 0 unspecified atom stereocenters. The van der Waals surface area contributed by atoms with Crippen molar-refractivity contribution >= 4 is 0 Å². The second kappa shape index (κ2) is 7.95. The van der Waals surface area contributed by atoms with E-state index in [1.165, 1.54) is 0 Å². The third kappa shape index (κ3) is 3.67. The first kappa shape index (κ1) is 22.2. The molecule has 0 aromatic rings. The maximum Gasteiger partial charge on any atom is 0.187 e. The Morgan fingerprint density at radius 3 is 2.39 bits per heavy atom. The zero-order chi connectivity index (χ0) is 20.9. The van der Waals surface area contributed by atoms with Crippen LogP contribution in [0.4, 0.5) is 0 Å². The van der Waals surface area contributed by atoms with E-state index >= 15 is 0 Å². The van der Waals surface area contributed by atoms with Crippen LogP contribution >= 0.6 is 0 Å². The first-order valence-corrected chi connectivity index (χ1v) is 10.4. The number of aliphatic hydroxyl groups is 3. The SMILES string of the molecule is C=C1[C@H](OO)CC[C@@H](C)[C@]12CC[C@@H](C(C)(C)O[C@@H]1O[C@H](C)[C@H](O)[C@H](O)[C@H]1O)C2. The minimum atomic E-state index is -1.31. The minimum absolute atomic E-state index is 0.0913. The molecular weight excluding hydrogens is 364 g/mol. The second-order valence-corrected chi connectivity index (χ2v) is 9.60. The van der Waals surface area contributed by atoms with Gasteiger partial charge in [-0.3, -0.25) is 5.26 Å². The van der Waals surface area contributed by atoms with Gasteiger partial charge in [0, 0.05) is 0 Å². The van der Waals surface area contributed by atoms with Gasteiger partial charge in [0.1, 0.15) is 24.4 Å². The molecular formula is C21H36O7. The number of rotatable bonds is 4. The quantitative estimate of drug-likeness (QED) is 0.326. The summed E-state index contributed by atoms with van der Waals surface area (Å²) in [5.41, 5.74) is 0.267. The van der Waals surface area contributed by atoms with Crippen molar-refractivity contribution in [3.8, 4) is 0 Å². The molecule has 0 aromatic heterocycles. The van der Waals surface area contributed by atoms with Gasteiger partial charge in [-0.25, -0.2) is 4.89 Å². The van der Waals surface area contributed by atoms with Crippen LogP contribution in [0.15, 0.2) is 12.2 Å². The van der Waals surface area contributed by atoms with E-state index in [4.69, 9.17) is 14.4 Å². The second-order valence-electron chi connectivity index (χ2n) is 9.60. The van der Waals surface area contributed by atoms with Crippen molar-refractivity contribution in [2.75, 3.05) is 0 Å². The lowest BCUT2D eigenvalue weighted by Crippen LogP contribution is -2.59. The average Bonchev–Trinajstić information content (AvgIpc) is 3.10. The van der Waals surface area contributed by atoms with Crippen LogP contribution in [-0.2, 0) is 14.4 Å². The molecule has 0 aromatic carbocycles. The van der Waals surface area contributed by atoms with Crippen molar-refractivity contribution in [2.24, 2.45) is 17.3 Å². The predicted molar refractivity (Wildman–Crippen MR) is 102 cm³/mol. The molecule has 3 aliphatic rings. The maximum absolute atomic E-state index is 10.3. The van der Waals surface area contributed by atoms with Crippen LogP contribution in [0, 0.1) is 17.3 Å². The van der Waals surface area contributed by atoms with Crippen molar-refractivity contribution in [1.29, 1.82) is 0 Å². The highest BCUT2D eigenvalue weighted by Crippen LogP contribution is 2.59. The fraction of sp³-hybridized carbons (Fsp3) is 0.905. The van der Waals surface area contributed by atoms with Crippen LogP contribution in [0.5, 0.6) is 0 Å². The first-order chi connectivity index (χ1) is 13.0. The van der Waals surface area contributed by atoms with E-state index in [0.717, 1.165) is 37.7 Å². The van der Waals surface area contributed by atoms with E-state index in [1.807, 2.05) is 13.8 Å². The summed E-state index contributed by atoms with van der Waals surface area (Å²) in [6, 6.07) is 0. The summed E-state index contributed by atoms with van der Waals surface area (Å²) in [5.74, 6) is 0.639. The number of aliphatic hydroxyl groups excluding tert-OH is 3. The Kier molecular flexibility index (Phi) is 6.29. The molecule has 3 rings (SSSR count). The van der Waals surface area contributed by atoms with Crippen LogP contribution in [0.25, 0.3) is 0 Å². The zero-order valence-corrected chi connectivity index (χ0v) is 17.4. The fourth-order valence-corrected chi connectivity index (χ4v) is 5.52. The molecule has 28 heavy (non-hydrogen) atoms. The highest BCUT2D eigenvalue weighted by molar-refractivity contribution is 5.23. The summed E-state index contributed by atoms with van der Waals surface area (Å²) in [6.45, 7) is 12.1. The van der Waals surface area contributed by atoms with Crippen LogP contribution in [0.1, 0.15) is 59.8 Å². The van der Waals surface area contributed by atoms with Gasteiger partial charge in [0.2, 0.25) is 0 Å². The summed E-state index contributed by atoms with van der Waals surface area (Å²) < 4.78 is 11.8. The Hall–Kier alpha value is -0.540. The third-order valence-corrected chi connectivity index (χ3v) is 7.72. The molecule has 7 nitrogen and oxygen atoms in total. The van der Waals surface area contributed by atoms with E-state index in [9.17, 15) is 20.6 Å². The van der Waals surface area contributed by atoms with Gasteiger partial charge in [0.25, 0.3) is 0 Å². The van der Waals surface area contributed by atoms with Gasteiger partial charge in [-0.2, -0.15) is 0 Å². The highest BCUT2D eigenvalue weighted by Gasteiger charge is 2.54. The van der Waals surface area contributed by atoms with Gasteiger partial charge in [0.05, 0.1) is 11.7 Å². The molecule has 2 saturated carbocycles. The van der Waals surface area contributed by atoms with Crippen molar-refractivity contribution in [3.05, 3.63) is 12.2 Å². The Morgan fingerprint density at radius 2 is 1.75 bits per heavy atom. The van der Waals surface area contributed by atoms with Gasteiger partial charge < -0.3 is 24.8 Å². The average molecular weight is 401 g/mol. The molecule has 1 spiro atoms. The highest BCUT2D eigenvalue weighted by atomic mass is 17.1. The smallest absolute Gasteiger partial charge is 0.187 e. The summed E-state index contributed by atoms with van der Waals surface area (Å²) in [5, 5.41) is 39.5. The third-order valence-electron chi connectivity index (χ3n) is 7.72. The minimum Gasteiger partial charge on any atom is -0.388 e. The Morgan fingerprint density at radius 1 is 1.07 bits per heavy atom. The predicted octanol–water partition coefficient (Wildman–Crippen LogP) is 2.24. The van der Waals surface area contributed by atoms with E-state index in [-0.39, 0.29) is 17.4 Å². The van der Waals surface area contributed by atoms with Gasteiger partial charge in [-0.1, -0.05) is 13.5 Å². The van der Waals surface area contributed by atoms with Gasteiger partial charge in [-0.05, 0) is 75.7 Å². The fourth-order valence-electron chi connectivity index (χ4n) is 5.52. The molecule has 4 N–H and O–H groups in total. The zero-order valence-electron chi connectivity index (χ0n) is 17.4. The lowest BCUT2D eigenvalue weighted by molar-refractivity contribution is -0.322. The molecule has 1 saturated heterocycles. The van der Waals surface area contributed by atoms with Gasteiger partial charge >= 0.3 is 0 Å².